The molecule has 0 saturated carbocycles. The number of thiocarbonyl (C=S) groups is 1. The van der Waals surface area contributed by atoms with Gasteiger partial charge in [0.15, 0.2) is 5.11 Å². The lowest BCUT2D eigenvalue weighted by Crippen LogP contribution is -2.52. The van der Waals surface area contributed by atoms with Crippen molar-refractivity contribution in [2.45, 2.75) is 13.0 Å². The average molecular weight is 411 g/mol. The van der Waals surface area contributed by atoms with Gasteiger partial charge in [0.2, 0.25) is 0 Å². The third kappa shape index (κ3) is 4.01. The molecule has 1 aromatic carbocycles. The van der Waals surface area contributed by atoms with Crippen molar-refractivity contribution in [3.05, 3.63) is 46.7 Å². The van der Waals surface area contributed by atoms with E-state index in [1.807, 2.05) is 0 Å². The number of hydrogen-bond donors (Lipinski definition) is 1. The summed E-state index contributed by atoms with van der Waals surface area (Å²) in [5.41, 5.74) is 0.618. The minimum atomic E-state index is -1.01. The van der Waals surface area contributed by atoms with Crippen molar-refractivity contribution >= 4 is 23.2 Å². The van der Waals surface area contributed by atoms with Gasteiger partial charge in [-0.3, -0.25) is 4.79 Å². The van der Waals surface area contributed by atoms with Gasteiger partial charge in [0.05, 0.1) is 37.0 Å². The largest absolute Gasteiger partial charge is 0.383 e. The first-order valence-corrected chi connectivity index (χ1v) is 9.45. The lowest BCUT2D eigenvalue weighted by atomic mass is 9.93. The second-order valence-corrected chi connectivity index (χ2v) is 6.95. The van der Waals surface area contributed by atoms with E-state index < -0.39 is 17.7 Å². The van der Waals surface area contributed by atoms with Crippen molar-refractivity contribution in [1.29, 1.82) is 0 Å². The molecule has 6 nitrogen and oxygen atoms in total. The van der Waals surface area contributed by atoms with E-state index in [9.17, 15) is 13.6 Å². The molecule has 0 aliphatic carbocycles. The Kier molecular flexibility index (Phi) is 6.58. The molecule has 2 aliphatic heterocycles. The minimum absolute atomic E-state index is 0.216. The van der Waals surface area contributed by atoms with Gasteiger partial charge in [0.1, 0.15) is 11.6 Å². The molecule has 0 bridgehead atoms. The number of methoxy groups -OCH3 is 1. The van der Waals surface area contributed by atoms with Gasteiger partial charge in [-0.15, -0.1) is 0 Å². The summed E-state index contributed by atoms with van der Waals surface area (Å²) in [6.45, 7) is 4.24. The number of halogens is 2. The van der Waals surface area contributed by atoms with E-state index in [4.69, 9.17) is 21.7 Å². The molecule has 3 rings (SSSR count). The van der Waals surface area contributed by atoms with Crippen molar-refractivity contribution in [3.8, 4) is 0 Å². The number of ether oxygens (including phenoxy) is 2. The van der Waals surface area contributed by atoms with Gasteiger partial charge in [0, 0.05) is 32.4 Å². The molecule has 1 aromatic rings. The second-order valence-electron chi connectivity index (χ2n) is 6.57. The van der Waals surface area contributed by atoms with Crippen LogP contribution >= 0.6 is 12.2 Å². The highest BCUT2D eigenvalue weighted by Gasteiger charge is 2.38. The Morgan fingerprint density at radius 1 is 1.32 bits per heavy atom. The molecule has 1 saturated heterocycles. The van der Waals surface area contributed by atoms with E-state index in [2.05, 4.69) is 5.32 Å². The van der Waals surface area contributed by atoms with Crippen LogP contribution in [0.15, 0.2) is 29.5 Å². The fourth-order valence-corrected chi connectivity index (χ4v) is 3.80. The van der Waals surface area contributed by atoms with Gasteiger partial charge in [-0.2, -0.15) is 0 Å². The Bertz CT molecular complexity index is 776. The lowest BCUT2D eigenvalue weighted by Gasteiger charge is -2.40. The minimum Gasteiger partial charge on any atom is -0.383 e. The molecule has 1 N–H and O–H groups in total. The second kappa shape index (κ2) is 8.93. The highest BCUT2D eigenvalue weighted by Crippen LogP contribution is 2.34. The fourth-order valence-electron chi connectivity index (χ4n) is 3.45. The van der Waals surface area contributed by atoms with Crippen LogP contribution < -0.4 is 5.32 Å². The smallest absolute Gasteiger partial charge is 0.254 e. The molecule has 2 aliphatic rings. The Balaban J connectivity index is 2.08. The van der Waals surface area contributed by atoms with Crippen molar-refractivity contribution < 1.29 is 23.0 Å². The zero-order valence-electron chi connectivity index (χ0n) is 15.8. The van der Waals surface area contributed by atoms with Gasteiger partial charge in [0.25, 0.3) is 5.91 Å². The molecule has 9 heteroatoms. The predicted octanol–water partition coefficient (Wildman–Crippen LogP) is 1.98. The third-order valence-electron chi connectivity index (χ3n) is 4.93. The summed E-state index contributed by atoms with van der Waals surface area (Å²) in [6.07, 6.45) is 0. The first kappa shape index (κ1) is 20.6. The zero-order valence-corrected chi connectivity index (χ0v) is 16.7. The summed E-state index contributed by atoms with van der Waals surface area (Å²) in [5.74, 6) is -1.75. The van der Waals surface area contributed by atoms with Crippen molar-refractivity contribution in [2.75, 3.05) is 46.6 Å². The summed E-state index contributed by atoms with van der Waals surface area (Å²) >= 11 is 5.41. The molecule has 0 spiro atoms. The Morgan fingerprint density at radius 2 is 1.96 bits per heavy atom. The number of hydrogen-bond acceptors (Lipinski definition) is 4. The van der Waals surface area contributed by atoms with Crippen LogP contribution in [-0.4, -0.2) is 67.4 Å². The Morgan fingerprint density at radius 3 is 2.57 bits per heavy atom. The van der Waals surface area contributed by atoms with Crippen LogP contribution in [0.3, 0.4) is 0 Å². The normalized spacial score (nSPS) is 20.4. The standard InChI is InChI=1S/C19H23F2N3O3S/c1-12-15(18(25)23-6-10-27-11-7-23)17(16-13(20)4-3-5-14(16)21)22-19(28)24(12)8-9-26-2/h3-5,17H,6-11H2,1-2H3,(H,22,28)/t17-/m1/s1. The number of amides is 1. The van der Waals surface area contributed by atoms with Gasteiger partial charge in [-0.25, -0.2) is 8.78 Å². The molecule has 1 amide bonds. The number of carbonyl (C=O) groups excluding carboxylic acids is 1. The molecule has 1 atom stereocenters. The maximum atomic E-state index is 14.5. The van der Waals surface area contributed by atoms with Crippen LogP contribution in [0.1, 0.15) is 18.5 Å². The number of benzene rings is 1. The zero-order chi connectivity index (χ0) is 20.3. The lowest BCUT2D eigenvalue weighted by molar-refractivity contribution is -0.131. The van der Waals surface area contributed by atoms with Gasteiger partial charge < -0.3 is 24.6 Å². The summed E-state index contributed by atoms with van der Waals surface area (Å²) in [6, 6.07) is 2.63. The van der Waals surface area contributed by atoms with E-state index in [0.29, 0.717) is 50.3 Å². The SMILES string of the molecule is COCCN1C(=S)N[C@@H](c2c(F)cccc2F)C(C(=O)N2CCOCC2)=C1C. The van der Waals surface area contributed by atoms with E-state index in [-0.39, 0.29) is 17.0 Å². The topological polar surface area (TPSA) is 54.0 Å². The summed E-state index contributed by atoms with van der Waals surface area (Å²) in [5, 5.41) is 3.25. The first-order chi connectivity index (χ1) is 13.5. The quantitative estimate of drug-likeness (QED) is 0.748. The van der Waals surface area contributed by atoms with Crippen molar-refractivity contribution in [2.24, 2.45) is 0 Å². The molecular weight excluding hydrogens is 388 g/mol. The monoisotopic (exact) mass is 411 g/mol. The van der Waals surface area contributed by atoms with Crippen molar-refractivity contribution in [3.63, 3.8) is 0 Å². The van der Waals surface area contributed by atoms with E-state index >= 15 is 0 Å². The summed E-state index contributed by atoms with van der Waals surface area (Å²) < 4.78 is 39.5. The van der Waals surface area contributed by atoms with E-state index in [1.165, 1.54) is 18.2 Å². The molecule has 0 aromatic heterocycles. The van der Waals surface area contributed by atoms with Gasteiger partial charge in [-0.1, -0.05) is 6.07 Å². The Labute approximate surface area is 168 Å². The predicted molar refractivity (Wildman–Crippen MR) is 104 cm³/mol. The summed E-state index contributed by atoms with van der Waals surface area (Å²) in [4.78, 5) is 16.7. The molecule has 28 heavy (non-hydrogen) atoms. The number of carbonyl (C=O) groups is 1. The number of allylic oxidation sites excluding steroid dienone is 1. The first-order valence-electron chi connectivity index (χ1n) is 9.04. The molecular formula is C19H23F2N3O3S. The summed E-state index contributed by atoms with van der Waals surface area (Å²) in [7, 11) is 1.57. The molecule has 2 heterocycles. The van der Waals surface area contributed by atoms with Crippen LogP contribution in [0.4, 0.5) is 8.78 Å². The maximum Gasteiger partial charge on any atom is 0.254 e. The molecule has 152 valence electrons. The molecule has 1 fully saturated rings. The molecule has 0 unspecified atom stereocenters. The third-order valence-corrected chi connectivity index (χ3v) is 5.27. The molecule has 0 radical (unpaired) electrons. The fraction of sp³-hybridized carbons (Fsp3) is 0.474. The van der Waals surface area contributed by atoms with Gasteiger partial charge >= 0.3 is 0 Å². The number of nitrogens with one attached hydrogen (secondary N) is 1. The maximum absolute atomic E-state index is 14.5. The average Bonchev–Trinajstić information content (AvgIpc) is 2.68. The van der Waals surface area contributed by atoms with Crippen LogP contribution in [-0.2, 0) is 14.3 Å². The van der Waals surface area contributed by atoms with Gasteiger partial charge in [-0.05, 0) is 31.3 Å². The number of nitrogens with zero attached hydrogens (tertiary/aromatic N) is 2. The van der Waals surface area contributed by atoms with Crippen LogP contribution in [0.5, 0.6) is 0 Å². The van der Waals surface area contributed by atoms with Crippen LogP contribution in [0.2, 0.25) is 0 Å². The highest BCUT2D eigenvalue weighted by molar-refractivity contribution is 7.80. The highest BCUT2D eigenvalue weighted by atomic mass is 32.1. The van der Waals surface area contributed by atoms with Crippen LogP contribution in [0.25, 0.3) is 0 Å². The number of morpholine rings is 1. The van der Waals surface area contributed by atoms with Crippen LogP contribution in [0, 0.1) is 11.6 Å². The Hall–Kier alpha value is -2.10. The van der Waals surface area contributed by atoms with E-state index in [0.717, 1.165) is 0 Å². The van der Waals surface area contributed by atoms with Crippen molar-refractivity contribution in [1.82, 2.24) is 15.1 Å². The van der Waals surface area contributed by atoms with E-state index in [1.54, 1.807) is 23.8 Å². The number of rotatable bonds is 5.